The van der Waals surface area contributed by atoms with Gasteiger partial charge in [-0.25, -0.2) is 4.98 Å². The van der Waals surface area contributed by atoms with Gasteiger partial charge in [0.1, 0.15) is 17.7 Å². The summed E-state index contributed by atoms with van der Waals surface area (Å²) in [6.45, 7) is 1.66. The molecule has 0 saturated heterocycles. The van der Waals surface area contributed by atoms with Gasteiger partial charge in [0.25, 0.3) is 5.56 Å². The van der Waals surface area contributed by atoms with Crippen LogP contribution in [0.25, 0.3) is 11.0 Å². The third-order valence-corrected chi connectivity index (χ3v) is 4.03. The number of furan rings is 1. The first-order valence-corrected chi connectivity index (χ1v) is 7.37. The van der Waals surface area contributed by atoms with Gasteiger partial charge in [-0.15, -0.1) is 0 Å². The lowest BCUT2D eigenvalue weighted by atomic mass is 10.1. The zero-order valence-corrected chi connectivity index (χ0v) is 13.3. The van der Waals surface area contributed by atoms with Crippen molar-refractivity contribution in [1.82, 2.24) is 9.55 Å². The molecule has 0 amide bonds. The quantitative estimate of drug-likeness (QED) is 0.506. The Bertz CT molecular complexity index is 895. The average molecular weight is 394 g/mol. The summed E-state index contributed by atoms with van der Waals surface area (Å²) in [5, 5.41) is 0.756. The van der Waals surface area contributed by atoms with E-state index in [2.05, 4.69) is 4.98 Å². The van der Waals surface area contributed by atoms with E-state index in [4.69, 9.17) is 4.42 Å². The zero-order chi connectivity index (χ0) is 15.0. The van der Waals surface area contributed by atoms with Gasteiger partial charge in [0, 0.05) is 11.6 Å². The monoisotopic (exact) mass is 394 g/mol. The summed E-state index contributed by atoms with van der Waals surface area (Å²) in [5.74, 6) is 0.343. The second-order valence-corrected chi connectivity index (χ2v) is 5.78. The fourth-order valence-electron chi connectivity index (χ4n) is 2.16. The number of carbonyl (C=O) groups is 1. The van der Waals surface area contributed by atoms with Gasteiger partial charge in [-0.05, 0) is 35.6 Å². The van der Waals surface area contributed by atoms with E-state index in [0.29, 0.717) is 20.5 Å². The highest BCUT2D eigenvalue weighted by molar-refractivity contribution is 14.1. The van der Waals surface area contributed by atoms with Crippen molar-refractivity contribution in [3.63, 3.8) is 0 Å². The number of para-hydroxylation sites is 1. The second kappa shape index (κ2) is 5.44. The maximum atomic E-state index is 12.5. The molecule has 0 aliphatic carbocycles. The van der Waals surface area contributed by atoms with Crippen molar-refractivity contribution < 1.29 is 9.21 Å². The lowest BCUT2D eigenvalue weighted by Crippen LogP contribution is -2.28. The van der Waals surface area contributed by atoms with E-state index in [1.54, 1.807) is 13.0 Å². The number of nitrogens with zero attached hydrogens (tertiary/aromatic N) is 2. The Kier molecular flexibility index (Phi) is 3.62. The topological polar surface area (TPSA) is 65.1 Å². The van der Waals surface area contributed by atoms with Gasteiger partial charge < -0.3 is 4.42 Å². The van der Waals surface area contributed by atoms with Gasteiger partial charge in [-0.3, -0.25) is 14.2 Å². The third-order valence-electron chi connectivity index (χ3n) is 3.29. The second-order valence-electron chi connectivity index (χ2n) is 4.61. The first kappa shape index (κ1) is 14.0. The average Bonchev–Trinajstić information content (AvgIpc) is 2.91. The molecule has 2 heterocycles. The number of fused-ring (bicyclic) bond motifs is 1. The van der Waals surface area contributed by atoms with Crippen LogP contribution in [0.1, 0.15) is 16.2 Å². The fraction of sp³-hybridized carbons (Fsp3) is 0.133. The van der Waals surface area contributed by atoms with E-state index in [0.717, 1.165) is 5.39 Å². The lowest BCUT2D eigenvalue weighted by Gasteiger charge is -2.07. The Morgan fingerprint density at radius 3 is 2.95 bits per heavy atom. The molecule has 5 nitrogen and oxygen atoms in total. The molecule has 3 rings (SSSR count). The van der Waals surface area contributed by atoms with Gasteiger partial charge in [0.2, 0.25) is 0 Å². The number of hydrogen-bond acceptors (Lipinski definition) is 4. The minimum absolute atomic E-state index is 0.0436. The van der Waals surface area contributed by atoms with Crippen molar-refractivity contribution in [2.75, 3.05) is 0 Å². The van der Waals surface area contributed by atoms with E-state index >= 15 is 0 Å². The van der Waals surface area contributed by atoms with Gasteiger partial charge in [-0.1, -0.05) is 18.2 Å². The molecule has 0 N–H and O–H groups in total. The first-order chi connectivity index (χ1) is 10.1. The molecule has 0 saturated carbocycles. The van der Waals surface area contributed by atoms with Gasteiger partial charge in [0.15, 0.2) is 5.78 Å². The highest BCUT2D eigenvalue weighted by Crippen LogP contribution is 2.21. The summed E-state index contributed by atoms with van der Waals surface area (Å²) < 4.78 is 7.24. The van der Waals surface area contributed by atoms with Crippen LogP contribution in [-0.4, -0.2) is 15.3 Å². The van der Waals surface area contributed by atoms with Crippen molar-refractivity contribution in [1.29, 1.82) is 0 Å². The molecule has 21 heavy (non-hydrogen) atoms. The number of ketones is 1. The number of carbonyl (C=O) groups excluding carboxylic acids is 1. The number of Topliss-reactive ketones (excluding diaryl/α,β-unsaturated/α-hetero) is 1. The number of rotatable bonds is 3. The van der Waals surface area contributed by atoms with Gasteiger partial charge in [-0.2, -0.15) is 0 Å². The number of halogens is 1. The van der Waals surface area contributed by atoms with Crippen LogP contribution in [0.4, 0.5) is 0 Å². The van der Waals surface area contributed by atoms with E-state index in [-0.39, 0.29) is 17.9 Å². The normalized spacial score (nSPS) is 11.0. The largest absolute Gasteiger partial charge is 0.464 e. The molecule has 0 atom stereocenters. The molecule has 0 bridgehead atoms. The number of hydrogen-bond donors (Lipinski definition) is 0. The number of aromatic nitrogens is 2. The molecule has 0 aliphatic heterocycles. The minimum Gasteiger partial charge on any atom is -0.464 e. The molecule has 6 heteroatoms. The molecule has 0 unspecified atom stereocenters. The van der Waals surface area contributed by atoms with Crippen LogP contribution >= 0.6 is 22.6 Å². The van der Waals surface area contributed by atoms with Crippen LogP contribution < -0.4 is 5.56 Å². The fourth-order valence-corrected chi connectivity index (χ4v) is 2.59. The van der Waals surface area contributed by atoms with Crippen molar-refractivity contribution in [2.24, 2.45) is 0 Å². The Balaban J connectivity index is 2.01. The van der Waals surface area contributed by atoms with Crippen LogP contribution in [0.15, 0.2) is 45.9 Å². The Morgan fingerprint density at radius 2 is 2.14 bits per heavy atom. The van der Waals surface area contributed by atoms with Crippen molar-refractivity contribution in [2.45, 2.75) is 13.5 Å². The first-order valence-electron chi connectivity index (χ1n) is 6.29. The van der Waals surface area contributed by atoms with Crippen LogP contribution in [0.3, 0.4) is 0 Å². The zero-order valence-electron chi connectivity index (χ0n) is 11.2. The molecule has 106 valence electrons. The maximum absolute atomic E-state index is 12.5. The van der Waals surface area contributed by atoms with Crippen molar-refractivity contribution in [3.8, 4) is 0 Å². The Morgan fingerprint density at radius 1 is 1.38 bits per heavy atom. The van der Waals surface area contributed by atoms with E-state index < -0.39 is 0 Å². The predicted octanol–water partition coefficient (Wildman–Crippen LogP) is 2.79. The van der Waals surface area contributed by atoms with E-state index in [1.165, 1.54) is 17.0 Å². The lowest BCUT2D eigenvalue weighted by molar-refractivity contribution is 0.0970. The minimum atomic E-state index is -0.204. The molecule has 3 aromatic rings. The summed E-state index contributed by atoms with van der Waals surface area (Å²) in [7, 11) is 0. The molecule has 1 aromatic carbocycles. The highest BCUT2D eigenvalue weighted by Gasteiger charge is 2.16. The van der Waals surface area contributed by atoms with Crippen LogP contribution in [0, 0.1) is 10.5 Å². The Labute approximate surface area is 133 Å². The summed E-state index contributed by atoms with van der Waals surface area (Å²) in [4.78, 5) is 28.7. The Hall–Kier alpha value is -1.96. The molecule has 0 radical (unpaired) electrons. The van der Waals surface area contributed by atoms with Crippen LogP contribution in [-0.2, 0) is 6.54 Å². The SMILES string of the molecule is Cc1ncc(I)c(=O)n1CC(=O)c1coc2ccccc12. The number of benzene rings is 1. The molecule has 0 spiro atoms. The smallest absolute Gasteiger partial charge is 0.267 e. The molecule has 0 fully saturated rings. The maximum Gasteiger partial charge on any atom is 0.267 e. The van der Waals surface area contributed by atoms with Gasteiger partial charge >= 0.3 is 0 Å². The van der Waals surface area contributed by atoms with Crippen LogP contribution in [0.5, 0.6) is 0 Å². The standard InChI is InChI=1S/C15H11IN2O3/c1-9-17-6-12(16)15(20)18(9)7-13(19)11-8-21-14-5-3-2-4-10(11)14/h2-6,8H,7H2,1H3. The summed E-state index contributed by atoms with van der Waals surface area (Å²) in [5.41, 5.74) is 0.936. The summed E-state index contributed by atoms with van der Waals surface area (Å²) in [6.07, 6.45) is 2.95. The van der Waals surface area contributed by atoms with Crippen molar-refractivity contribution >= 4 is 39.3 Å². The molecule has 2 aromatic heterocycles. The van der Waals surface area contributed by atoms with Crippen molar-refractivity contribution in [3.05, 3.63) is 62.0 Å². The predicted molar refractivity (Wildman–Crippen MR) is 86.5 cm³/mol. The van der Waals surface area contributed by atoms with E-state index in [9.17, 15) is 9.59 Å². The molecule has 0 aliphatic rings. The summed E-state index contributed by atoms with van der Waals surface area (Å²) >= 11 is 1.92. The molecular weight excluding hydrogens is 383 g/mol. The third kappa shape index (κ3) is 2.51. The highest BCUT2D eigenvalue weighted by atomic mass is 127. The van der Waals surface area contributed by atoms with Crippen LogP contribution in [0.2, 0.25) is 0 Å². The number of aryl methyl sites for hydroxylation is 1. The molecular formula is C15H11IN2O3. The van der Waals surface area contributed by atoms with Gasteiger partial charge in [0.05, 0.1) is 15.7 Å². The van der Waals surface area contributed by atoms with E-state index in [1.807, 2.05) is 40.8 Å². The summed E-state index contributed by atoms with van der Waals surface area (Å²) in [6, 6.07) is 7.32.